The summed E-state index contributed by atoms with van der Waals surface area (Å²) >= 11 is 0. The summed E-state index contributed by atoms with van der Waals surface area (Å²) in [6, 6.07) is 20.8. The van der Waals surface area contributed by atoms with Crippen molar-refractivity contribution in [3.8, 4) is 0 Å². The van der Waals surface area contributed by atoms with Crippen LogP contribution in [0.3, 0.4) is 0 Å². The highest BCUT2D eigenvalue weighted by Crippen LogP contribution is 2.43. The van der Waals surface area contributed by atoms with Gasteiger partial charge < -0.3 is 0 Å². The molecule has 1 heteroatoms. The lowest BCUT2D eigenvalue weighted by atomic mass is 9.84. The van der Waals surface area contributed by atoms with E-state index in [4.69, 9.17) is 0 Å². The first-order chi connectivity index (χ1) is 8.84. The highest BCUT2D eigenvalue weighted by Gasteiger charge is 2.34. The summed E-state index contributed by atoms with van der Waals surface area (Å²) in [6.07, 6.45) is 1.37. The van der Waals surface area contributed by atoms with Crippen molar-refractivity contribution in [1.82, 2.24) is 0 Å². The molecule has 0 aromatic heterocycles. The molecule has 1 aliphatic carbocycles. The monoisotopic (exact) mass is 236 g/mol. The first-order valence-electron chi connectivity index (χ1n) is 6.46. The number of hydrogen-bond donors (Lipinski definition) is 0. The number of rotatable bonds is 2. The molecule has 1 nitrogen and oxygen atoms in total. The van der Waals surface area contributed by atoms with E-state index in [0.717, 1.165) is 0 Å². The minimum atomic E-state index is 0.348. The molecule has 2 aromatic carbocycles. The largest absolute Gasteiger partial charge is 0.300 e. The van der Waals surface area contributed by atoms with E-state index in [-0.39, 0.29) is 0 Å². The number of hydrogen-bond acceptors (Lipinski definition) is 1. The molecule has 0 amide bonds. The van der Waals surface area contributed by atoms with Crippen LogP contribution < -0.4 is 0 Å². The van der Waals surface area contributed by atoms with Crippen molar-refractivity contribution in [2.24, 2.45) is 0 Å². The predicted octanol–water partition coefficient (Wildman–Crippen LogP) is 3.92. The van der Waals surface area contributed by atoms with E-state index in [1.807, 2.05) is 12.1 Å². The maximum atomic E-state index is 11.8. The van der Waals surface area contributed by atoms with Gasteiger partial charge in [0.1, 0.15) is 5.78 Å². The second kappa shape index (κ2) is 4.77. The van der Waals surface area contributed by atoms with Crippen molar-refractivity contribution in [1.29, 1.82) is 0 Å². The molecule has 1 fully saturated rings. The fraction of sp³-hybridized carbons (Fsp3) is 0.235. The van der Waals surface area contributed by atoms with Crippen molar-refractivity contribution in [3.63, 3.8) is 0 Å². The standard InChI is InChI=1S/C17H16O/c18-15-11-16(13-7-3-1-4-8-13)17(12-15)14-9-5-2-6-10-14/h1-10,16-17H,11-12H2/t16-,17-/m0/s1. The molecule has 3 rings (SSSR count). The Balaban J connectivity index is 1.96. The van der Waals surface area contributed by atoms with Crippen LogP contribution in [-0.2, 0) is 4.79 Å². The Morgan fingerprint density at radius 3 is 1.44 bits per heavy atom. The molecule has 0 saturated heterocycles. The smallest absolute Gasteiger partial charge is 0.134 e. The summed E-state index contributed by atoms with van der Waals surface area (Å²) in [5.41, 5.74) is 2.58. The van der Waals surface area contributed by atoms with Gasteiger partial charge in [-0.05, 0) is 23.0 Å². The summed E-state index contributed by atoms with van der Waals surface area (Å²) in [7, 11) is 0. The lowest BCUT2D eigenvalue weighted by Crippen LogP contribution is -2.04. The molecule has 90 valence electrons. The molecule has 2 atom stereocenters. The normalized spacial score (nSPS) is 23.2. The second-order valence-corrected chi connectivity index (χ2v) is 4.98. The van der Waals surface area contributed by atoms with Crippen LogP contribution in [0.2, 0.25) is 0 Å². The summed E-state index contributed by atoms with van der Waals surface area (Å²) in [5.74, 6) is 1.08. The molecule has 0 unspecified atom stereocenters. The summed E-state index contributed by atoms with van der Waals surface area (Å²) < 4.78 is 0. The van der Waals surface area contributed by atoms with Gasteiger partial charge in [-0.1, -0.05) is 60.7 Å². The topological polar surface area (TPSA) is 17.1 Å². The van der Waals surface area contributed by atoms with Crippen LogP contribution in [0.4, 0.5) is 0 Å². The Kier molecular flexibility index (Phi) is 2.97. The van der Waals surface area contributed by atoms with Gasteiger partial charge in [0.25, 0.3) is 0 Å². The van der Waals surface area contributed by atoms with E-state index in [0.29, 0.717) is 30.5 Å². The van der Waals surface area contributed by atoms with E-state index >= 15 is 0 Å². The molecule has 0 N–H and O–H groups in total. The third-order valence-corrected chi connectivity index (χ3v) is 3.84. The van der Waals surface area contributed by atoms with Gasteiger partial charge in [-0.2, -0.15) is 0 Å². The number of ketones is 1. The van der Waals surface area contributed by atoms with E-state index in [2.05, 4.69) is 48.5 Å². The fourth-order valence-electron chi connectivity index (χ4n) is 2.96. The maximum absolute atomic E-state index is 11.8. The zero-order chi connectivity index (χ0) is 12.4. The minimum absolute atomic E-state index is 0.348. The molecule has 0 heterocycles. The summed E-state index contributed by atoms with van der Waals surface area (Å²) in [5, 5.41) is 0. The van der Waals surface area contributed by atoms with Gasteiger partial charge in [0.2, 0.25) is 0 Å². The molecule has 18 heavy (non-hydrogen) atoms. The molecule has 0 spiro atoms. The van der Waals surface area contributed by atoms with Crippen LogP contribution in [0.1, 0.15) is 35.8 Å². The lowest BCUT2D eigenvalue weighted by molar-refractivity contribution is -0.117. The zero-order valence-electron chi connectivity index (χ0n) is 10.3. The van der Waals surface area contributed by atoms with E-state index in [9.17, 15) is 4.79 Å². The molecular formula is C17H16O. The minimum Gasteiger partial charge on any atom is -0.300 e. The van der Waals surface area contributed by atoms with Crippen molar-refractivity contribution in [3.05, 3.63) is 71.8 Å². The van der Waals surface area contributed by atoms with Gasteiger partial charge in [-0.25, -0.2) is 0 Å². The number of carbonyl (C=O) groups excluding carboxylic acids is 1. The van der Waals surface area contributed by atoms with Crippen molar-refractivity contribution in [2.45, 2.75) is 24.7 Å². The van der Waals surface area contributed by atoms with Gasteiger partial charge in [0.15, 0.2) is 0 Å². The molecule has 0 aliphatic heterocycles. The van der Waals surface area contributed by atoms with Gasteiger partial charge in [-0.3, -0.25) is 4.79 Å². The van der Waals surface area contributed by atoms with Crippen LogP contribution in [-0.4, -0.2) is 5.78 Å². The van der Waals surface area contributed by atoms with Crippen LogP contribution in [0.15, 0.2) is 60.7 Å². The van der Waals surface area contributed by atoms with Crippen LogP contribution in [0.25, 0.3) is 0 Å². The van der Waals surface area contributed by atoms with Crippen LogP contribution in [0, 0.1) is 0 Å². The highest BCUT2D eigenvalue weighted by atomic mass is 16.1. The molecule has 0 bridgehead atoms. The third-order valence-electron chi connectivity index (χ3n) is 3.84. The second-order valence-electron chi connectivity index (χ2n) is 4.98. The summed E-state index contributed by atoms with van der Waals surface area (Å²) in [6.45, 7) is 0. The summed E-state index contributed by atoms with van der Waals surface area (Å²) in [4.78, 5) is 11.8. The van der Waals surface area contributed by atoms with Crippen LogP contribution in [0.5, 0.6) is 0 Å². The van der Waals surface area contributed by atoms with Gasteiger partial charge >= 0.3 is 0 Å². The molecule has 1 aliphatic rings. The van der Waals surface area contributed by atoms with E-state index < -0.39 is 0 Å². The lowest BCUT2D eigenvalue weighted by Gasteiger charge is -2.19. The Morgan fingerprint density at radius 1 is 0.667 bits per heavy atom. The van der Waals surface area contributed by atoms with Crippen molar-refractivity contribution < 1.29 is 4.79 Å². The predicted molar refractivity (Wildman–Crippen MR) is 72.6 cm³/mol. The van der Waals surface area contributed by atoms with Crippen molar-refractivity contribution >= 4 is 5.78 Å². The van der Waals surface area contributed by atoms with E-state index in [1.54, 1.807) is 0 Å². The van der Waals surface area contributed by atoms with Crippen LogP contribution >= 0.6 is 0 Å². The van der Waals surface area contributed by atoms with Crippen molar-refractivity contribution in [2.75, 3.05) is 0 Å². The Morgan fingerprint density at radius 2 is 1.06 bits per heavy atom. The third kappa shape index (κ3) is 2.08. The molecular weight excluding hydrogens is 220 g/mol. The number of carbonyl (C=O) groups is 1. The Bertz CT molecular complexity index is 481. The zero-order valence-corrected chi connectivity index (χ0v) is 10.3. The van der Waals surface area contributed by atoms with Gasteiger partial charge in [-0.15, -0.1) is 0 Å². The first kappa shape index (κ1) is 11.2. The SMILES string of the molecule is O=C1C[C@@H](c2ccccc2)[C@H](c2ccccc2)C1. The number of Topliss-reactive ketones (excluding diaryl/α,β-unsaturated/α-hetero) is 1. The average molecular weight is 236 g/mol. The van der Waals surface area contributed by atoms with E-state index in [1.165, 1.54) is 11.1 Å². The maximum Gasteiger partial charge on any atom is 0.134 e. The highest BCUT2D eigenvalue weighted by molar-refractivity contribution is 5.83. The first-order valence-corrected chi connectivity index (χ1v) is 6.46. The Hall–Kier alpha value is -1.89. The Labute approximate surface area is 107 Å². The fourth-order valence-corrected chi connectivity index (χ4v) is 2.96. The van der Waals surface area contributed by atoms with Gasteiger partial charge in [0, 0.05) is 12.8 Å². The molecule has 1 saturated carbocycles. The molecule has 0 radical (unpaired) electrons. The van der Waals surface area contributed by atoms with Gasteiger partial charge in [0.05, 0.1) is 0 Å². The number of benzene rings is 2. The quantitative estimate of drug-likeness (QED) is 0.772. The molecule has 2 aromatic rings. The average Bonchev–Trinajstić information content (AvgIpc) is 2.83.